The zero-order valence-electron chi connectivity index (χ0n) is 13.7. The molecule has 1 amide bonds. The summed E-state index contributed by atoms with van der Waals surface area (Å²) in [5.74, 6) is -1.21. The number of amides is 1. The Morgan fingerprint density at radius 2 is 2.00 bits per heavy atom. The summed E-state index contributed by atoms with van der Waals surface area (Å²) in [6.07, 6.45) is 0.755. The molecule has 126 valence electrons. The van der Waals surface area contributed by atoms with Gasteiger partial charge in [-0.1, -0.05) is 12.1 Å². The summed E-state index contributed by atoms with van der Waals surface area (Å²) in [5.41, 5.74) is 1.77. The number of hydrogen-bond donors (Lipinski definition) is 0. The molecule has 24 heavy (non-hydrogen) atoms. The van der Waals surface area contributed by atoms with Crippen molar-refractivity contribution in [3.8, 4) is 5.75 Å². The van der Waals surface area contributed by atoms with Gasteiger partial charge in [0, 0.05) is 23.7 Å². The Kier molecular flexibility index (Phi) is 4.51. The van der Waals surface area contributed by atoms with Crippen LogP contribution in [-0.2, 0) is 13.0 Å². The van der Waals surface area contributed by atoms with Gasteiger partial charge in [0.05, 0.1) is 0 Å². The Bertz CT molecular complexity index is 774. The SMILES string of the molecule is CC(C)N1CCc2cc(OCc3cccc(F)c3F)ccc2C1=O. The second kappa shape index (κ2) is 6.59. The molecule has 3 nitrogen and oxygen atoms in total. The average molecular weight is 331 g/mol. The molecule has 0 unspecified atom stereocenters. The monoisotopic (exact) mass is 331 g/mol. The fraction of sp³-hybridized carbons (Fsp3) is 0.316. The Morgan fingerprint density at radius 3 is 2.75 bits per heavy atom. The number of benzene rings is 2. The summed E-state index contributed by atoms with van der Waals surface area (Å²) in [6, 6.07) is 9.41. The molecule has 0 saturated heterocycles. The summed E-state index contributed by atoms with van der Waals surface area (Å²) in [4.78, 5) is 14.3. The molecule has 0 spiro atoms. The molecule has 0 radical (unpaired) electrons. The van der Waals surface area contributed by atoms with Crippen LogP contribution < -0.4 is 4.74 Å². The number of carbonyl (C=O) groups is 1. The van der Waals surface area contributed by atoms with Gasteiger partial charge in [-0.2, -0.15) is 0 Å². The van der Waals surface area contributed by atoms with Gasteiger partial charge < -0.3 is 9.64 Å². The van der Waals surface area contributed by atoms with Gasteiger partial charge in [-0.3, -0.25) is 4.79 Å². The highest BCUT2D eigenvalue weighted by Crippen LogP contribution is 2.25. The second-order valence-corrected chi connectivity index (χ2v) is 6.16. The maximum atomic E-state index is 13.6. The summed E-state index contributed by atoms with van der Waals surface area (Å²) >= 11 is 0. The first-order valence-electron chi connectivity index (χ1n) is 7.97. The maximum absolute atomic E-state index is 13.6. The normalized spacial score (nSPS) is 14.0. The van der Waals surface area contributed by atoms with E-state index in [-0.39, 0.29) is 24.1 Å². The molecule has 0 aliphatic carbocycles. The third-order valence-electron chi connectivity index (χ3n) is 4.24. The number of halogens is 2. The van der Waals surface area contributed by atoms with Crippen molar-refractivity contribution in [1.82, 2.24) is 4.90 Å². The van der Waals surface area contributed by atoms with E-state index >= 15 is 0 Å². The van der Waals surface area contributed by atoms with Gasteiger partial charge in [0.2, 0.25) is 0 Å². The molecule has 5 heteroatoms. The first-order valence-corrected chi connectivity index (χ1v) is 7.97. The molecule has 0 atom stereocenters. The standard InChI is InChI=1S/C19H19F2NO2/c1-12(2)22-9-8-13-10-15(6-7-16(13)19(22)23)24-11-14-4-3-5-17(20)18(14)21/h3-7,10,12H,8-9,11H2,1-2H3. The smallest absolute Gasteiger partial charge is 0.254 e. The topological polar surface area (TPSA) is 29.5 Å². The second-order valence-electron chi connectivity index (χ2n) is 6.16. The van der Waals surface area contributed by atoms with E-state index in [2.05, 4.69) is 0 Å². The molecule has 1 aliphatic heterocycles. The highest BCUT2D eigenvalue weighted by Gasteiger charge is 2.26. The lowest BCUT2D eigenvalue weighted by atomic mass is 9.98. The molecule has 0 N–H and O–H groups in total. The zero-order valence-corrected chi connectivity index (χ0v) is 13.7. The summed E-state index contributed by atoms with van der Waals surface area (Å²) in [6.45, 7) is 4.60. The minimum Gasteiger partial charge on any atom is -0.489 e. The molecule has 2 aromatic rings. The van der Waals surface area contributed by atoms with Crippen LogP contribution in [0.4, 0.5) is 8.78 Å². The summed E-state index contributed by atoms with van der Waals surface area (Å²) in [5, 5.41) is 0. The van der Waals surface area contributed by atoms with Crippen molar-refractivity contribution in [3.63, 3.8) is 0 Å². The van der Waals surface area contributed by atoms with Crippen molar-refractivity contribution in [3.05, 3.63) is 64.7 Å². The minimum absolute atomic E-state index is 0.0222. The van der Waals surface area contributed by atoms with Crippen LogP contribution >= 0.6 is 0 Å². The van der Waals surface area contributed by atoms with E-state index < -0.39 is 11.6 Å². The van der Waals surface area contributed by atoms with Gasteiger partial charge in [-0.05, 0) is 50.1 Å². The Hall–Kier alpha value is -2.43. The highest BCUT2D eigenvalue weighted by atomic mass is 19.2. The van der Waals surface area contributed by atoms with Crippen molar-refractivity contribution < 1.29 is 18.3 Å². The van der Waals surface area contributed by atoms with Crippen LogP contribution in [0.25, 0.3) is 0 Å². The maximum Gasteiger partial charge on any atom is 0.254 e. The number of nitrogens with zero attached hydrogens (tertiary/aromatic N) is 1. The largest absolute Gasteiger partial charge is 0.489 e. The van der Waals surface area contributed by atoms with Crippen LogP contribution in [0.2, 0.25) is 0 Å². The Balaban J connectivity index is 1.76. The van der Waals surface area contributed by atoms with Crippen LogP contribution in [0.5, 0.6) is 5.75 Å². The number of rotatable bonds is 4. The van der Waals surface area contributed by atoms with E-state index in [1.165, 1.54) is 12.1 Å². The quantitative estimate of drug-likeness (QED) is 0.849. The van der Waals surface area contributed by atoms with Gasteiger partial charge in [0.1, 0.15) is 12.4 Å². The predicted molar refractivity (Wildman–Crippen MR) is 87.0 cm³/mol. The van der Waals surface area contributed by atoms with Gasteiger partial charge in [-0.15, -0.1) is 0 Å². The van der Waals surface area contributed by atoms with Crippen LogP contribution in [0.3, 0.4) is 0 Å². The molecule has 0 saturated carbocycles. The first-order chi connectivity index (χ1) is 11.5. The van der Waals surface area contributed by atoms with Gasteiger partial charge in [-0.25, -0.2) is 8.78 Å². The van der Waals surface area contributed by atoms with Gasteiger partial charge in [0.25, 0.3) is 5.91 Å². The molecule has 2 aromatic carbocycles. The molecule has 1 aliphatic rings. The van der Waals surface area contributed by atoms with Crippen LogP contribution in [0.1, 0.15) is 35.3 Å². The summed E-state index contributed by atoms with van der Waals surface area (Å²) in [7, 11) is 0. The molecular weight excluding hydrogens is 312 g/mol. The van der Waals surface area contributed by atoms with Gasteiger partial charge in [0.15, 0.2) is 11.6 Å². The van der Waals surface area contributed by atoms with Crippen LogP contribution in [0.15, 0.2) is 36.4 Å². The molecular formula is C19H19F2NO2. The number of fused-ring (bicyclic) bond motifs is 1. The molecule has 0 bridgehead atoms. The predicted octanol–water partition coefficient (Wildman–Crippen LogP) is 3.95. The van der Waals surface area contributed by atoms with E-state index in [1.54, 1.807) is 12.1 Å². The molecule has 1 heterocycles. The zero-order chi connectivity index (χ0) is 17.3. The minimum atomic E-state index is -0.891. The van der Waals surface area contributed by atoms with E-state index in [1.807, 2.05) is 24.8 Å². The highest BCUT2D eigenvalue weighted by molar-refractivity contribution is 5.97. The van der Waals surface area contributed by atoms with Crippen molar-refractivity contribution >= 4 is 5.91 Å². The first kappa shape index (κ1) is 16.4. The Labute approximate surface area is 139 Å². The van der Waals surface area contributed by atoms with E-state index in [9.17, 15) is 13.6 Å². The van der Waals surface area contributed by atoms with Crippen molar-refractivity contribution in [1.29, 1.82) is 0 Å². The van der Waals surface area contributed by atoms with Crippen molar-refractivity contribution in [2.45, 2.75) is 32.9 Å². The van der Waals surface area contributed by atoms with Gasteiger partial charge >= 0.3 is 0 Å². The number of hydrogen-bond acceptors (Lipinski definition) is 2. The average Bonchev–Trinajstić information content (AvgIpc) is 2.56. The van der Waals surface area contributed by atoms with Crippen LogP contribution in [0, 0.1) is 11.6 Å². The Morgan fingerprint density at radius 1 is 1.21 bits per heavy atom. The third kappa shape index (κ3) is 3.11. The molecule has 0 aromatic heterocycles. The fourth-order valence-electron chi connectivity index (χ4n) is 2.89. The van der Waals surface area contributed by atoms with Crippen molar-refractivity contribution in [2.75, 3.05) is 6.54 Å². The lowest BCUT2D eigenvalue weighted by Gasteiger charge is -2.32. The third-order valence-corrected chi connectivity index (χ3v) is 4.24. The van der Waals surface area contributed by atoms with E-state index in [0.29, 0.717) is 17.9 Å². The van der Waals surface area contributed by atoms with Crippen LogP contribution in [-0.4, -0.2) is 23.4 Å². The summed E-state index contributed by atoms with van der Waals surface area (Å²) < 4.78 is 32.4. The van der Waals surface area contributed by atoms with E-state index in [4.69, 9.17) is 4.74 Å². The molecule has 0 fully saturated rings. The van der Waals surface area contributed by atoms with Crippen molar-refractivity contribution in [2.24, 2.45) is 0 Å². The molecule has 3 rings (SSSR count). The number of ether oxygens (including phenoxy) is 1. The lowest BCUT2D eigenvalue weighted by Crippen LogP contribution is -2.42. The lowest BCUT2D eigenvalue weighted by molar-refractivity contribution is 0.0688. The number of carbonyl (C=O) groups excluding carboxylic acids is 1. The van der Waals surface area contributed by atoms with E-state index in [0.717, 1.165) is 18.1 Å². The fourth-order valence-corrected chi connectivity index (χ4v) is 2.89.